The lowest BCUT2D eigenvalue weighted by molar-refractivity contribution is -0.137. The van der Waals surface area contributed by atoms with Crippen molar-refractivity contribution in [2.45, 2.75) is 31.3 Å². The van der Waals surface area contributed by atoms with Crippen LogP contribution in [-0.2, 0) is 4.79 Å². The predicted octanol–water partition coefficient (Wildman–Crippen LogP) is 1.31. The quantitative estimate of drug-likeness (QED) is 0.759. The van der Waals surface area contributed by atoms with Gasteiger partial charge in [-0.3, -0.25) is 4.79 Å². The van der Waals surface area contributed by atoms with Crippen molar-refractivity contribution in [2.75, 3.05) is 18.1 Å². The fourth-order valence-electron chi connectivity index (χ4n) is 2.29. The molecule has 0 radical (unpaired) electrons. The van der Waals surface area contributed by atoms with E-state index < -0.39 is 5.97 Å². The Morgan fingerprint density at radius 2 is 2.11 bits per heavy atom. The number of aliphatic carboxylic acids is 1. The first-order chi connectivity index (χ1) is 8.66. The highest BCUT2D eigenvalue weighted by Gasteiger charge is 2.29. The standard InChI is InChI=1S/C12H18N2O3S/c15-11(16)7-10-8-18-6-5-14(10)12(17)13-9-3-1-2-4-9/h1-2,9-10H,3-8H2,(H,13,17)(H,15,16). The smallest absolute Gasteiger partial charge is 0.317 e. The largest absolute Gasteiger partial charge is 0.481 e. The molecule has 0 aromatic rings. The number of carboxylic acids is 1. The average molecular weight is 270 g/mol. The van der Waals surface area contributed by atoms with E-state index in [0.717, 1.165) is 18.6 Å². The Morgan fingerprint density at radius 3 is 2.78 bits per heavy atom. The monoisotopic (exact) mass is 270 g/mol. The summed E-state index contributed by atoms with van der Waals surface area (Å²) in [5.74, 6) is 0.748. The van der Waals surface area contributed by atoms with Crippen molar-refractivity contribution in [3.63, 3.8) is 0 Å². The van der Waals surface area contributed by atoms with Crippen molar-refractivity contribution in [1.29, 1.82) is 0 Å². The highest BCUT2D eigenvalue weighted by Crippen LogP contribution is 2.20. The van der Waals surface area contributed by atoms with Gasteiger partial charge in [0.25, 0.3) is 0 Å². The Morgan fingerprint density at radius 1 is 1.39 bits per heavy atom. The number of amides is 2. The van der Waals surface area contributed by atoms with E-state index in [0.29, 0.717) is 12.3 Å². The summed E-state index contributed by atoms with van der Waals surface area (Å²) in [7, 11) is 0. The zero-order chi connectivity index (χ0) is 13.0. The maximum Gasteiger partial charge on any atom is 0.317 e. The van der Waals surface area contributed by atoms with Crippen LogP contribution in [0.5, 0.6) is 0 Å². The number of thioether (sulfide) groups is 1. The van der Waals surface area contributed by atoms with Crippen molar-refractivity contribution in [1.82, 2.24) is 10.2 Å². The summed E-state index contributed by atoms with van der Waals surface area (Å²) >= 11 is 1.71. The Labute approximate surface area is 111 Å². The van der Waals surface area contributed by atoms with Gasteiger partial charge in [0.2, 0.25) is 0 Å². The molecule has 1 unspecified atom stereocenters. The molecule has 1 aliphatic carbocycles. The lowest BCUT2D eigenvalue weighted by Crippen LogP contribution is -2.53. The van der Waals surface area contributed by atoms with Crippen LogP contribution < -0.4 is 5.32 Å². The van der Waals surface area contributed by atoms with E-state index in [2.05, 4.69) is 17.5 Å². The second kappa shape index (κ2) is 6.13. The van der Waals surface area contributed by atoms with Crippen LogP contribution in [0.15, 0.2) is 12.2 Å². The van der Waals surface area contributed by atoms with Crippen molar-refractivity contribution < 1.29 is 14.7 Å². The molecule has 6 heteroatoms. The first-order valence-corrected chi connectivity index (χ1v) is 7.34. The lowest BCUT2D eigenvalue weighted by Gasteiger charge is -2.35. The predicted molar refractivity (Wildman–Crippen MR) is 70.8 cm³/mol. The molecule has 0 saturated carbocycles. The molecule has 0 bridgehead atoms. The molecular weight excluding hydrogens is 252 g/mol. The topological polar surface area (TPSA) is 69.6 Å². The zero-order valence-electron chi connectivity index (χ0n) is 10.2. The van der Waals surface area contributed by atoms with Gasteiger partial charge in [-0.2, -0.15) is 11.8 Å². The number of nitrogens with one attached hydrogen (secondary N) is 1. The number of nitrogens with zero attached hydrogens (tertiary/aromatic N) is 1. The number of carbonyl (C=O) groups is 2. The van der Waals surface area contributed by atoms with E-state index in [1.807, 2.05) is 0 Å². The minimum Gasteiger partial charge on any atom is -0.481 e. The van der Waals surface area contributed by atoms with Crippen LogP contribution in [0.2, 0.25) is 0 Å². The summed E-state index contributed by atoms with van der Waals surface area (Å²) in [6.45, 7) is 0.634. The van der Waals surface area contributed by atoms with Gasteiger partial charge in [0.1, 0.15) is 0 Å². The Bertz CT molecular complexity index is 351. The molecule has 2 N–H and O–H groups in total. The second-order valence-electron chi connectivity index (χ2n) is 4.61. The van der Waals surface area contributed by atoms with Gasteiger partial charge in [-0.05, 0) is 12.8 Å². The van der Waals surface area contributed by atoms with Crippen molar-refractivity contribution in [3.05, 3.63) is 12.2 Å². The highest BCUT2D eigenvalue weighted by molar-refractivity contribution is 7.99. The molecule has 2 rings (SSSR count). The molecule has 1 heterocycles. The number of hydrogen-bond acceptors (Lipinski definition) is 3. The van der Waals surface area contributed by atoms with Crippen molar-refractivity contribution >= 4 is 23.8 Å². The lowest BCUT2D eigenvalue weighted by atomic mass is 10.2. The fraction of sp³-hybridized carbons (Fsp3) is 0.667. The Balaban J connectivity index is 1.90. The van der Waals surface area contributed by atoms with E-state index in [4.69, 9.17) is 5.11 Å². The Kier molecular flexibility index (Phi) is 4.52. The van der Waals surface area contributed by atoms with Crippen LogP contribution in [0.3, 0.4) is 0 Å². The maximum absolute atomic E-state index is 12.1. The first kappa shape index (κ1) is 13.3. The molecule has 0 aromatic heterocycles. The van der Waals surface area contributed by atoms with Crippen LogP contribution in [0.25, 0.3) is 0 Å². The molecule has 0 aromatic carbocycles. The van der Waals surface area contributed by atoms with E-state index in [1.54, 1.807) is 16.7 Å². The molecular formula is C12H18N2O3S. The summed E-state index contributed by atoms with van der Waals surface area (Å²) in [5, 5.41) is 11.8. The molecule has 1 fully saturated rings. The van der Waals surface area contributed by atoms with Gasteiger partial charge in [-0.15, -0.1) is 0 Å². The van der Waals surface area contributed by atoms with E-state index in [1.165, 1.54) is 0 Å². The fourth-order valence-corrected chi connectivity index (χ4v) is 3.35. The number of carboxylic acid groups (broad SMARTS) is 1. The van der Waals surface area contributed by atoms with Crippen molar-refractivity contribution in [2.24, 2.45) is 0 Å². The molecule has 1 aliphatic heterocycles. The molecule has 2 aliphatic rings. The van der Waals surface area contributed by atoms with Gasteiger partial charge in [0.15, 0.2) is 0 Å². The van der Waals surface area contributed by atoms with Gasteiger partial charge < -0.3 is 15.3 Å². The number of rotatable bonds is 3. The average Bonchev–Trinajstić information content (AvgIpc) is 2.81. The SMILES string of the molecule is O=C(O)CC1CSCCN1C(=O)NC1CC=CC1. The van der Waals surface area contributed by atoms with Gasteiger partial charge >= 0.3 is 12.0 Å². The van der Waals surface area contributed by atoms with E-state index in [9.17, 15) is 9.59 Å². The van der Waals surface area contributed by atoms with Crippen LogP contribution in [0.1, 0.15) is 19.3 Å². The second-order valence-corrected chi connectivity index (χ2v) is 5.76. The number of carbonyl (C=O) groups excluding carboxylic acids is 1. The third-order valence-corrected chi connectivity index (χ3v) is 4.33. The third kappa shape index (κ3) is 3.41. The van der Waals surface area contributed by atoms with Crippen LogP contribution in [0, 0.1) is 0 Å². The number of hydrogen-bond donors (Lipinski definition) is 2. The zero-order valence-corrected chi connectivity index (χ0v) is 11.0. The van der Waals surface area contributed by atoms with Crippen LogP contribution >= 0.6 is 11.8 Å². The molecule has 1 saturated heterocycles. The molecule has 5 nitrogen and oxygen atoms in total. The van der Waals surface area contributed by atoms with Gasteiger partial charge in [0, 0.05) is 24.1 Å². The first-order valence-electron chi connectivity index (χ1n) is 6.18. The highest BCUT2D eigenvalue weighted by atomic mass is 32.2. The summed E-state index contributed by atoms with van der Waals surface area (Å²) in [5.41, 5.74) is 0. The minimum atomic E-state index is -0.845. The minimum absolute atomic E-state index is 0.0311. The molecule has 18 heavy (non-hydrogen) atoms. The van der Waals surface area contributed by atoms with E-state index >= 15 is 0 Å². The van der Waals surface area contributed by atoms with Crippen LogP contribution in [-0.4, -0.2) is 52.1 Å². The normalized spacial score (nSPS) is 24.2. The summed E-state index contributed by atoms with van der Waals surface area (Å²) in [4.78, 5) is 24.6. The maximum atomic E-state index is 12.1. The van der Waals surface area contributed by atoms with Crippen molar-refractivity contribution in [3.8, 4) is 0 Å². The summed E-state index contributed by atoms with van der Waals surface area (Å²) < 4.78 is 0. The van der Waals surface area contributed by atoms with Gasteiger partial charge in [-0.25, -0.2) is 4.79 Å². The molecule has 2 amide bonds. The third-order valence-electron chi connectivity index (χ3n) is 3.23. The van der Waals surface area contributed by atoms with Crippen LogP contribution in [0.4, 0.5) is 4.79 Å². The summed E-state index contributed by atoms with van der Waals surface area (Å²) in [6, 6.07) is -0.122. The number of urea groups is 1. The molecule has 0 spiro atoms. The molecule has 100 valence electrons. The van der Waals surface area contributed by atoms with Gasteiger partial charge in [-0.1, -0.05) is 12.2 Å². The van der Waals surface area contributed by atoms with Gasteiger partial charge in [0.05, 0.1) is 12.5 Å². The van der Waals surface area contributed by atoms with E-state index in [-0.39, 0.29) is 24.5 Å². The Hall–Kier alpha value is -1.17. The summed E-state index contributed by atoms with van der Waals surface area (Å²) in [6.07, 6.45) is 5.90. The molecule has 1 atom stereocenters.